The standard InChI is InChI=1S/C22H28N4O2S2/c1-4-9-26(22(28)19-8-6-11-29-19)13-17-7-5-10-25(17)14-20-24-18(15-30-20)21(27)23-12-16(2)3/h5-8,10-11,15-16H,4,9,12-14H2,1-3H3,(H,23,27). The second-order valence-electron chi connectivity index (χ2n) is 7.56. The van der Waals surface area contributed by atoms with Crippen molar-refractivity contribution < 1.29 is 9.59 Å². The highest BCUT2D eigenvalue weighted by Gasteiger charge is 2.18. The molecule has 0 saturated heterocycles. The molecule has 0 unspecified atom stereocenters. The van der Waals surface area contributed by atoms with Crippen molar-refractivity contribution in [1.82, 2.24) is 19.8 Å². The van der Waals surface area contributed by atoms with E-state index in [0.717, 1.165) is 22.0 Å². The lowest BCUT2D eigenvalue weighted by Gasteiger charge is -2.22. The molecule has 0 bridgehead atoms. The first-order valence-electron chi connectivity index (χ1n) is 10.2. The SMILES string of the molecule is CCCN(Cc1cccn1Cc1nc(C(=O)NCC(C)C)cs1)C(=O)c1cccs1. The number of carbonyl (C=O) groups excluding carboxylic acids is 2. The minimum atomic E-state index is -0.130. The highest BCUT2D eigenvalue weighted by atomic mass is 32.1. The Kier molecular flexibility index (Phi) is 7.81. The van der Waals surface area contributed by atoms with E-state index in [9.17, 15) is 9.59 Å². The van der Waals surface area contributed by atoms with E-state index in [2.05, 4.69) is 35.6 Å². The van der Waals surface area contributed by atoms with Crippen LogP contribution in [0.15, 0.2) is 41.2 Å². The maximum absolute atomic E-state index is 12.9. The second-order valence-corrected chi connectivity index (χ2v) is 9.45. The van der Waals surface area contributed by atoms with E-state index in [1.165, 1.54) is 22.7 Å². The zero-order valence-electron chi connectivity index (χ0n) is 17.6. The minimum Gasteiger partial charge on any atom is -0.350 e. The maximum atomic E-state index is 12.9. The van der Waals surface area contributed by atoms with Crippen molar-refractivity contribution >= 4 is 34.5 Å². The fourth-order valence-corrected chi connectivity index (χ4v) is 4.50. The average molecular weight is 445 g/mol. The largest absolute Gasteiger partial charge is 0.350 e. The zero-order valence-corrected chi connectivity index (χ0v) is 19.3. The molecule has 0 aliphatic carbocycles. The average Bonchev–Trinajstić information content (AvgIpc) is 3.48. The Hall–Kier alpha value is -2.45. The summed E-state index contributed by atoms with van der Waals surface area (Å²) in [5.74, 6) is 0.338. The van der Waals surface area contributed by atoms with Crippen LogP contribution < -0.4 is 5.32 Å². The molecule has 0 fully saturated rings. The van der Waals surface area contributed by atoms with Crippen LogP contribution in [0.1, 0.15) is 58.1 Å². The van der Waals surface area contributed by atoms with E-state index in [4.69, 9.17) is 0 Å². The van der Waals surface area contributed by atoms with Gasteiger partial charge < -0.3 is 14.8 Å². The van der Waals surface area contributed by atoms with Crippen molar-refractivity contribution in [3.8, 4) is 0 Å². The number of amides is 2. The molecule has 0 saturated carbocycles. The van der Waals surface area contributed by atoms with Crippen LogP contribution in [-0.4, -0.2) is 39.4 Å². The molecular weight excluding hydrogens is 416 g/mol. The Morgan fingerprint density at radius 1 is 1.23 bits per heavy atom. The maximum Gasteiger partial charge on any atom is 0.270 e. The Morgan fingerprint density at radius 2 is 2.07 bits per heavy atom. The van der Waals surface area contributed by atoms with E-state index < -0.39 is 0 Å². The van der Waals surface area contributed by atoms with Gasteiger partial charge in [-0.2, -0.15) is 0 Å². The highest BCUT2D eigenvalue weighted by Crippen LogP contribution is 2.18. The van der Waals surface area contributed by atoms with Crippen LogP contribution in [0.2, 0.25) is 0 Å². The van der Waals surface area contributed by atoms with Gasteiger partial charge in [-0.1, -0.05) is 26.8 Å². The molecule has 3 aromatic heterocycles. The molecule has 0 radical (unpaired) electrons. The van der Waals surface area contributed by atoms with E-state index in [-0.39, 0.29) is 11.8 Å². The summed E-state index contributed by atoms with van der Waals surface area (Å²) in [4.78, 5) is 32.2. The summed E-state index contributed by atoms with van der Waals surface area (Å²) in [6.07, 6.45) is 2.90. The number of carbonyl (C=O) groups is 2. The van der Waals surface area contributed by atoms with Gasteiger partial charge in [-0.15, -0.1) is 22.7 Å². The van der Waals surface area contributed by atoms with Crippen LogP contribution in [-0.2, 0) is 13.1 Å². The zero-order chi connectivity index (χ0) is 21.5. The molecule has 0 aliphatic heterocycles. The van der Waals surface area contributed by atoms with E-state index >= 15 is 0 Å². The topological polar surface area (TPSA) is 67.2 Å². The summed E-state index contributed by atoms with van der Waals surface area (Å²) < 4.78 is 2.10. The van der Waals surface area contributed by atoms with Gasteiger partial charge in [0.25, 0.3) is 11.8 Å². The van der Waals surface area contributed by atoms with Crippen molar-refractivity contribution in [2.75, 3.05) is 13.1 Å². The number of nitrogens with zero attached hydrogens (tertiary/aromatic N) is 3. The number of nitrogens with one attached hydrogen (secondary N) is 1. The number of aromatic nitrogens is 2. The van der Waals surface area contributed by atoms with E-state index in [1.807, 2.05) is 40.7 Å². The van der Waals surface area contributed by atoms with Gasteiger partial charge in [0.05, 0.1) is 18.0 Å². The fraction of sp³-hybridized carbons (Fsp3) is 0.409. The molecule has 3 heterocycles. The molecule has 0 aliphatic rings. The molecule has 30 heavy (non-hydrogen) atoms. The van der Waals surface area contributed by atoms with Crippen LogP contribution in [0, 0.1) is 5.92 Å². The molecule has 0 aromatic carbocycles. The Morgan fingerprint density at radius 3 is 2.77 bits per heavy atom. The quantitative estimate of drug-likeness (QED) is 0.501. The third-order valence-electron chi connectivity index (χ3n) is 4.55. The van der Waals surface area contributed by atoms with Gasteiger partial charge >= 0.3 is 0 Å². The number of hydrogen-bond donors (Lipinski definition) is 1. The van der Waals surface area contributed by atoms with Gasteiger partial charge in [0.2, 0.25) is 0 Å². The minimum absolute atomic E-state index is 0.0676. The third-order valence-corrected chi connectivity index (χ3v) is 6.24. The smallest absolute Gasteiger partial charge is 0.270 e. The predicted molar refractivity (Wildman–Crippen MR) is 122 cm³/mol. The van der Waals surface area contributed by atoms with Gasteiger partial charge in [-0.25, -0.2) is 4.98 Å². The number of thiophene rings is 1. The molecule has 0 spiro atoms. The summed E-state index contributed by atoms with van der Waals surface area (Å²) in [6.45, 7) is 8.67. The molecule has 3 rings (SSSR count). The van der Waals surface area contributed by atoms with Gasteiger partial charge in [0, 0.05) is 30.4 Å². The summed E-state index contributed by atoms with van der Waals surface area (Å²) in [7, 11) is 0. The summed E-state index contributed by atoms with van der Waals surface area (Å²) in [5.41, 5.74) is 1.51. The highest BCUT2D eigenvalue weighted by molar-refractivity contribution is 7.12. The molecule has 1 N–H and O–H groups in total. The fourth-order valence-electron chi connectivity index (χ4n) is 3.04. The Bertz CT molecular complexity index is 960. The number of hydrogen-bond acceptors (Lipinski definition) is 5. The number of rotatable bonds is 10. The number of thiazole rings is 1. The van der Waals surface area contributed by atoms with Crippen molar-refractivity contribution in [3.63, 3.8) is 0 Å². The molecule has 2 amide bonds. The monoisotopic (exact) mass is 444 g/mol. The van der Waals surface area contributed by atoms with E-state index in [0.29, 0.717) is 37.8 Å². The molecule has 3 aromatic rings. The Balaban J connectivity index is 1.68. The normalized spacial score (nSPS) is 11.1. The first-order chi connectivity index (χ1) is 14.5. The van der Waals surface area contributed by atoms with Crippen LogP contribution in [0.3, 0.4) is 0 Å². The van der Waals surface area contributed by atoms with Gasteiger partial charge in [0.15, 0.2) is 0 Å². The first-order valence-corrected chi connectivity index (χ1v) is 11.9. The molecule has 0 atom stereocenters. The lowest BCUT2D eigenvalue weighted by atomic mass is 10.2. The van der Waals surface area contributed by atoms with Crippen LogP contribution in [0.4, 0.5) is 0 Å². The van der Waals surface area contributed by atoms with Gasteiger partial charge in [-0.05, 0) is 35.9 Å². The lowest BCUT2D eigenvalue weighted by molar-refractivity contribution is 0.0744. The second kappa shape index (κ2) is 10.5. The van der Waals surface area contributed by atoms with E-state index in [1.54, 1.807) is 5.38 Å². The third kappa shape index (κ3) is 5.79. The summed E-state index contributed by atoms with van der Waals surface area (Å²) in [6, 6.07) is 7.80. The molecular formula is C22H28N4O2S2. The Labute approximate surface area is 185 Å². The molecule has 8 heteroatoms. The summed E-state index contributed by atoms with van der Waals surface area (Å²) in [5, 5.41) is 7.50. The molecule has 160 valence electrons. The predicted octanol–water partition coefficient (Wildman–Crippen LogP) is 4.49. The van der Waals surface area contributed by atoms with Gasteiger partial charge in [-0.3, -0.25) is 9.59 Å². The van der Waals surface area contributed by atoms with Crippen LogP contribution in [0.5, 0.6) is 0 Å². The van der Waals surface area contributed by atoms with Crippen molar-refractivity contribution in [2.45, 2.75) is 40.3 Å². The lowest BCUT2D eigenvalue weighted by Crippen LogP contribution is -2.31. The molecule has 6 nitrogen and oxygen atoms in total. The van der Waals surface area contributed by atoms with Gasteiger partial charge in [0.1, 0.15) is 10.7 Å². The van der Waals surface area contributed by atoms with Crippen LogP contribution in [0.25, 0.3) is 0 Å². The summed E-state index contributed by atoms with van der Waals surface area (Å²) >= 11 is 2.95. The van der Waals surface area contributed by atoms with Crippen molar-refractivity contribution in [2.24, 2.45) is 5.92 Å². The van der Waals surface area contributed by atoms with Crippen LogP contribution >= 0.6 is 22.7 Å². The van der Waals surface area contributed by atoms with Crippen molar-refractivity contribution in [3.05, 3.63) is 62.5 Å². The van der Waals surface area contributed by atoms with Crippen molar-refractivity contribution in [1.29, 1.82) is 0 Å². The first kappa shape index (κ1) is 22.2.